The normalized spacial score (nSPS) is 14.2. The number of amides is 3. The van der Waals surface area contributed by atoms with Gasteiger partial charge in [-0.05, 0) is 37.1 Å². The van der Waals surface area contributed by atoms with Crippen LogP contribution in [-0.2, 0) is 4.79 Å². The lowest BCUT2D eigenvalue weighted by molar-refractivity contribution is -0.117. The molecule has 1 aromatic heterocycles. The van der Waals surface area contributed by atoms with Crippen LogP contribution >= 0.6 is 11.8 Å². The molecule has 0 spiro atoms. The molecule has 2 aromatic rings. The molecule has 1 saturated carbocycles. The van der Waals surface area contributed by atoms with Crippen molar-refractivity contribution in [1.29, 1.82) is 0 Å². The Balaban J connectivity index is 1.46. The zero-order valence-corrected chi connectivity index (χ0v) is 15.3. The summed E-state index contributed by atoms with van der Waals surface area (Å²) < 4.78 is 5.12. The highest BCUT2D eigenvalue weighted by Crippen LogP contribution is 2.21. The number of carbonyl (C=O) groups is 2. The molecule has 1 heterocycles. The fourth-order valence-corrected chi connectivity index (χ4v) is 3.37. The van der Waals surface area contributed by atoms with Crippen LogP contribution in [0.15, 0.2) is 29.4 Å². The van der Waals surface area contributed by atoms with Gasteiger partial charge in [0.2, 0.25) is 11.1 Å². The van der Waals surface area contributed by atoms with Crippen molar-refractivity contribution in [2.45, 2.75) is 36.9 Å². The van der Waals surface area contributed by atoms with E-state index in [1.807, 2.05) is 24.3 Å². The minimum Gasteiger partial charge on any atom is -0.497 e. The molecule has 8 nitrogen and oxygen atoms in total. The average molecular weight is 375 g/mol. The summed E-state index contributed by atoms with van der Waals surface area (Å²) in [6, 6.07) is 7.15. The molecule has 26 heavy (non-hydrogen) atoms. The van der Waals surface area contributed by atoms with Gasteiger partial charge in [0.25, 0.3) is 0 Å². The van der Waals surface area contributed by atoms with Crippen molar-refractivity contribution in [3.63, 3.8) is 0 Å². The van der Waals surface area contributed by atoms with Crippen LogP contribution in [0.25, 0.3) is 11.4 Å². The van der Waals surface area contributed by atoms with Gasteiger partial charge >= 0.3 is 6.03 Å². The van der Waals surface area contributed by atoms with Crippen molar-refractivity contribution in [3.05, 3.63) is 24.3 Å². The molecule has 0 radical (unpaired) electrons. The van der Waals surface area contributed by atoms with E-state index in [-0.39, 0.29) is 17.7 Å². The van der Waals surface area contributed by atoms with Gasteiger partial charge in [-0.25, -0.2) is 9.78 Å². The van der Waals surface area contributed by atoms with Gasteiger partial charge in [-0.2, -0.15) is 0 Å². The minimum absolute atomic E-state index is 0.0675. The number of H-pyrrole nitrogens is 1. The standard InChI is InChI=1S/C17H21N5O3S/c1-25-13-8-6-11(7-9-13)15-20-17(22-21-15)26-10-14(23)19-16(24)18-12-4-2-3-5-12/h6-9,12H,2-5,10H2,1H3,(H,20,21,22)(H2,18,19,23,24). The molecule has 0 aliphatic heterocycles. The molecule has 0 atom stereocenters. The number of methoxy groups -OCH3 is 1. The van der Waals surface area contributed by atoms with Gasteiger partial charge in [-0.15, -0.1) is 5.10 Å². The van der Waals surface area contributed by atoms with Crippen molar-refractivity contribution < 1.29 is 14.3 Å². The average Bonchev–Trinajstić information content (AvgIpc) is 3.32. The molecular weight excluding hydrogens is 354 g/mol. The Morgan fingerprint density at radius 2 is 2.00 bits per heavy atom. The van der Waals surface area contributed by atoms with Gasteiger partial charge in [-0.1, -0.05) is 24.6 Å². The Morgan fingerprint density at radius 1 is 1.27 bits per heavy atom. The summed E-state index contributed by atoms with van der Waals surface area (Å²) in [5, 5.41) is 12.5. The highest BCUT2D eigenvalue weighted by atomic mass is 32.2. The third-order valence-electron chi connectivity index (χ3n) is 4.10. The van der Waals surface area contributed by atoms with Gasteiger partial charge in [0.05, 0.1) is 12.9 Å². The molecule has 0 bridgehead atoms. The van der Waals surface area contributed by atoms with E-state index < -0.39 is 6.03 Å². The number of carbonyl (C=O) groups excluding carboxylic acids is 2. The van der Waals surface area contributed by atoms with Gasteiger partial charge in [0, 0.05) is 11.6 Å². The number of urea groups is 1. The number of ether oxygens (including phenoxy) is 1. The highest BCUT2D eigenvalue weighted by Gasteiger charge is 2.18. The number of benzene rings is 1. The molecular formula is C17H21N5O3S. The summed E-state index contributed by atoms with van der Waals surface area (Å²) in [6.45, 7) is 0. The Labute approximate surface area is 155 Å². The number of rotatable bonds is 6. The summed E-state index contributed by atoms with van der Waals surface area (Å²) in [6.07, 6.45) is 4.19. The van der Waals surface area contributed by atoms with Gasteiger partial charge in [-0.3, -0.25) is 15.2 Å². The minimum atomic E-state index is -0.434. The topological polar surface area (TPSA) is 109 Å². The van der Waals surface area contributed by atoms with E-state index in [1.165, 1.54) is 11.8 Å². The first-order chi connectivity index (χ1) is 12.6. The summed E-state index contributed by atoms with van der Waals surface area (Å²) >= 11 is 1.17. The summed E-state index contributed by atoms with van der Waals surface area (Å²) in [5.74, 6) is 1.06. The Bertz CT molecular complexity index is 756. The lowest BCUT2D eigenvalue weighted by atomic mass is 10.2. The van der Waals surface area contributed by atoms with Crippen molar-refractivity contribution in [2.75, 3.05) is 12.9 Å². The maximum atomic E-state index is 11.9. The van der Waals surface area contributed by atoms with Gasteiger partial charge in [0.15, 0.2) is 5.82 Å². The maximum absolute atomic E-state index is 11.9. The Hall–Kier alpha value is -2.55. The monoisotopic (exact) mass is 375 g/mol. The molecule has 1 aliphatic carbocycles. The third kappa shape index (κ3) is 4.98. The van der Waals surface area contributed by atoms with Crippen molar-refractivity contribution in [1.82, 2.24) is 25.8 Å². The van der Waals surface area contributed by atoms with Crippen LogP contribution in [0.1, 0.15) is 25.7 Å². The molecule has 3 N–H and O–H groups in total. The lowest BCUT2D eigenvalue weighted by Crippen LogP contribution is -2.44. The van der Waals surface area contributed by atoms with Crippen molar-refractivity contribution in [2.24, 2.45) is 0 Å². The van der Waals surface area contributed by atoms with Crippen molar-refractivity contribution >= 4 is 23.7 Å². The van der Waals surface area contributed by atoms with Crippen LogP contribution in [0, 0.1) is 0 Å². The maximum Gasteiger partial charge on any atom is 0.321 e. The summed E-state index contributed by atoms with van der Waals surface area (Å²) in [7, 11) is 1.61. The predicted octanol–water partition coefficient (Wildman–Crippen LogP) is 2.34. The fraction of sp³-hybridized carbons (Fsp3) is 0.412. The van der Waals surface area contributed by atoms with Crippen LogP contribution in [0.3, 0.4) is 0 Å². The second-order valence-corrected chi connectivity index (χ2v) is 6.93. The largest absolute Gasteiger partial charge is 0.497 e. The number of nitrogens with zero attached hydrogens (tertiary/aromatic N) is 2. The van der Waals surface area contributed by atoms with Crippen molar-refractivity contribution in [3.8, 4) is 17.1 Å². The van der Waals surface area contributed by atoms with Crippen LogP contribution < -0.4 is 15.4 Å². The number of aromatic amines is 1. The summed E-state index contributed by atoms with van der Waals surface area (Å²) in [4.78, 5) is 28.0. The molecule has 1 fully saturated rings. The van der Waals surface area contributed by atoms with Gasteiger partial charge < -0.3 is 10.1 Å². The molecule has 9 heteroatoms. The number of hydrogen-bond acceptors (Lipinski definition) is 6. The zero-order chi connectivity index (χ0) is 18.4. The third-order valence-corrected chi connectivity index (χ3v) is 4.95. The molecule has 3 amide bonds. The SMILES string of the molecule is COc1ccc(-c2nc(SCC(=O)NC(=O)NC3CCCC3)n[nH]2)cc1. The number of imide groups is 1. The molecule has 3 rings (SSSR count). The first kappa shape index (κ1) is 18.2. The molecule has 1 aromatic carbocycles. The first-order valence-electron chi connectivity index (χ1n) is 8.44. The van der Waals surface area contributed by atoms with E-state index in [4.69, 9.17) is 4.74 Å². The highest BCUT2D eigenvalue weighted by molar-refractivity contribution is 7.99. The summed E-state index contributed by atoms with van der Waals surface area (Å²) in [5.41, 5.74) is 0.866. The lowest BCUT2D eigenvalue weighted by Gasteiger charge is -2.11. The zero-order valence-electron chi connectivity index (χ0n) is 14.4. The van der Waals surface area contributed by atoms with Crippen LogP contribution in [0.2, 0.25) is 0 Å². The molecule has 0 saturated heterocycles. The smallest absolute Gasteiger partial charge is 0.321 e. The van der Waals surface area contributed by atoms with Crippen LogP contribution in [-0.4, -0.2) is 46.0 Å². The number of thioether (sulfide) groups is 1. The van der Waals surface area contributed by atoms with E-state index in [0.717, 1.165) is 37.0 Å². The predicted molar refractivity (Wildman–Crippen MR) is 98.0 cm³/mol. The number of aromatic nitrogens is 3. The molecule has 0 unspecified atom stereocenters. The van der Waals surface area contributed by atoms with E-state index in [2.05, 4.69) is 25.8 Å². The second kappa shape index (κ2) is 8.70. The quantitative estimate of drug-likeness (QED) is 0.669. The Morgan fingerprint density at radius 3 is 2.69 bits per heavy atom. The molecule has 1 aliphatic rings. The second-order valence-electron chi connectivity index (χ2n) is 5.99. The van der Waals surface area contributed by atoms with E-state index in [0.29, 0.717) is 11.0 Å². The number of hydrogen-bond donors (Lipinski definition) is 3. The van der Waals surface area contributed by atoms with E-state index in [1.54, 1.807) is 7.11 Å². The fourth-order valence-electron chi connectivity index (χ4n) is 2.77. The number of nitrogens with one attached hydrogen (secondary N) is 3. The van der Waals surface area contributed by atoms with E-state index in [9.17, 15) is 9.59 Å². The van der Waals surface area contributed by atoms with Crippen LogP contribution in [0.4, 0.5) is 4.79 Å². The Kier molecular flexibility index (Phi) is 6.11. The van der Waals surface area contributed by atoms with Gasteiger partial charge in [0.1, 0.15) is 5.75 Å². The van der Waals surface area contributed by atoms with E-state index >= 15 is 0 Å². The molecule has 138 valence electrons. The first-order valence-corrected chi connectivity index (χ1v) is 9.42. The van der Waals surface area contributed by atoms with Crippen LogP contribution in [0.5, 0.6) is 5.75 Å².